The van der Waals surface area contributed by atoms with Crippen molar-refractivity contribution in [3.05, 3.63) is 0 Å². The molecule has 0 aromatic carbocycles. The van der Waals surface area contributed by atoms with Gasteiger partial charge in [0.15, 0.2) is 6.31 Å². The summed E-state index contributed by atoms with van der Waals surface area (Å²) in [6, 6.07) is 0. The minimum absolute atomic E-state index is 0.424. The molecule has 0 amide bonds. The average molecular weight is 132 g/mol. The summed E-state index contributed by atoms with van der Waals surface area (Å²) < 4.78 is 10.5. The van der Waals surface area contributed by atoms with E-state index in [0.717, 1.165) is 0 Å². The fourth-order valence-electron chi connectivity index (χ4n) is 0.532. The van der Waals surface area contributed by atoms with E-state index in [9.17, 15) is 0 Å². The standard InChI is InChI=1S/C2H9BO2Si2/c1-3(2)7-4-6-5-7/h7H,6H2,1-2H3. The molecule has 0 radical (unpaired) electrons. The van der Waals surface area contributed by atoms with Crippen LogP contribution in [0.3, 0.4) is 0 Å². The summed E-state index contributed by atoms with van der Waals surface area (Å²) in [5.41, 5.74) is 0. The monoisotopic (exact) mass is 132 g/mol. The molecule has 0 aromatic heterocycles. The molecule has 40 valence electrons. The van der Waals surface area contributed by atoms with Gasteiger partial charge >= 0.3 is 0 Å². The maximum absolute atomic E-state index is 5.25. The van der Waals surface area contributed by atoms with E-state index in [1.807, 2.05) is 0 Å². The Hall–Kier alpha value is 0.419. The van der Waals surface area contributed by atoms with Gasteiger partial charge in [-0.1, -0.05) is 13.6 Å². The Morgan fingerprint density at radius 2 is 2.00 bits per heavy atom. The van der Waals surface area contributed by atoms with Gasteiger partial charge in [0.05, 0.1) is 0 Å². The van der Waals surface area contributed by atoms with E-state index in [1.54, 1.807) is 0 Å². The van der Waals surface area contributed by atoms with Crippen molar-refractivity contribution < 1.29 is 8.23 Å². The second-order valence-electron chi connectivity index (χ2n) is 2.06. The predicted molar refractivity (Wildman–Crippen MR) is 35.3 cm³/mol. The highest BCUT2D eigenvalue weighted by atomic mass is 28.4. The molecule has 1 rings (SSSR count). The van der Waals surface area contributed by atoms with Crippen LogP contribution in [0.4, 0.5) is 0 Å². The molecule has 1 heterocycles. The minimum Gasteiger partial charge on any atom is -0.428 e. The van der Waals surface area contributed by atoms with Gasteiger partial charge in [0.2, 0.25) is 0 Å². The average Bonchev–Trinajstić information content (AvgIpc) is 1.23. The van der Waals surface area contributed by atoms with Crippen molar-refractivity contribution in [2.75, 3.05) is 0 Å². The van der Waals surface area contributed by atoms with Crippen molar-refractivity contribution >= 4 is 25.5 Å². The molecule has 0 bridgehead atoms. The zero-order valence-electron chi connectivity index (χ0n) is 4.68. The van der Waals surface area contributed by atoms with Crippen molar-refractivity contribution in [2.45, 2.75) is 13.6 Å². The Bertz CT molecular complexity index is 64.7. The van der Waals surface area contributed by atoms with Gasteiger partial charge in [0.1, 0.15) is 0 Å². The lowest BCUT2D eigenvalue weighted by Crippen LogP contribution is -2.48. The largest absolute Gasteiger partial charge is 0.428 e. The predicted octanol–water partition coefficient (Wildman–Crippen LogP) is -0.915. The fraction of sp³-hybridized carbons (Fsp3) is 1.00. The fourth-order valence-corrected chi connectivity index (χ4v) is 4.78. The molecule has 0 aliphatic carbocycles. The van der Waals surface area contributed by atoms with Crippen molar-refractivity contribution in [3.63, 3.8) is 0 Å². The molecule has 1 aliphatic rings. The van der Waals surface area contributed by atoms with E-state index in [1.165, 1.54) is 0 Å². The first-order chi connectivity index (χ1) is 3.30. The molecule has 1 saturated heterocycles. The van der Waals surface area contributed by atoms with Crippen LogP contribution in [-0.2, 0) is 8.23 Å². The highest BCUT2D eigenvalue weighted by Gasteiger charge is 2.27. The van der Waals surface area contributed by atoms with Crippen LogP contribution in [0.2, 0.25) is 13.6 Å². The normalized spacial score (nSPS) is 32.6. The molecule has 0 spiro atoms. The van der Waals surface area contributed by atoms with Crippen molar-refractivity contribution in [3.8, 4) is 0 Å². The maximum atomic E-state index is 5.25. The molecule has 0 atom stereocenters. The van der Waals surface area contributed by atoms with Crippen molar-refractivity contribution in [1.82, 2.24) is 0 Å². The first-order valence-corrected chi connectivity index (χ1v) is 5.30. The maximum Gasteiger partial charge on any atom is 0.285 e. The van der Waals surface area contributed by atoms with Gasteiger partial charge in [-0.15, -0.1) is 0 Å². The summed E-state index contributed by atoms with van der Waals surface area (Å²) in [4.78, 5) is 0. The third-order valence-electron chi connectivity index (χ3n) is 1.01. The first kappa shape index (κ1) is 5.55. The zero-order valence-corrected chi connectivity index (χ0v) is 7.25. The minimum atomic E-state index is -1.01. The van der Waals surface area contributed by atoms with Crippen molar-refractivity contribution in [1.29, 1.82) is 0 Å². The van der Waals surface area contributed by atoms with Gasteiger partial charge in [-0.25, -0.2) is 0 Å². The van der Waals surface area contributed by atoms with Crippen LogP contribution in [-0.4, -0.2) is 25.5 Å². The Kier molecular flexibility index (Phi) is 1.69. The molecular weight excluding hydrogens is 123 g/mol. The van der Waals surface area contributed by atoms with Gasteiger partial charge in [-0.05, 0) is 0 Å². The van der Waals surface area contributed by atoms with Gasteiger partial charge in [0.25, 0.3) is 19.2 Å². The summed E-state index contributed by atoms with van der Waals surface area (Å²) in [6.07, 6.45) is 0.682. The van der Waals surface area contributed by atoms with E-state index >= 15 is 0 Å². The second kappa shape index (κ2) is 2.12. The molecule has 2 nitrogen and oxygen atoms in total. The highest BCUT2D eigenvalue weighted by molar-refractivity contribution is 7.19. The second-order valence-corrected chi connectivity index (χ2v) is 7.04. The lowest BCUT2D eigenvalue weighted by Gasteiger charge is -2.27. The van der Waals surface area contributed by atoms with E-state index in [2.05, 4.69) is 13.6 Å². The molecule has 5 heteroatoms. The Morgan fingerprint density at radius 3 is 2.00 bits per heavy atom. The Balaban J connectivity index is 2.14. The molecule has 1 fully saturated rings. The lowest BCUT2D eigenvalue weighted by molar-refractivity contribution is 0.333. The molecule has 7 heavy (non-hydrogen) atoms. The summed E-state index contributed by atoms with van der Waals surface area (Å²) in [7, 11) is -1.44. The number of hydrogen-bond acceptors (Lipinski definition) is 2. The summed E-state index contributed by atoms with van der Waals surface area (Å²) in [5, 5.41) is 0. The quantitative estimate of drug-likeness (QED) is 0.430. The molecule has 0 N–H and O–H groups in total. The molecule has 0 unspecified atom stereocenters. The SMILES string of the molecule is CB(C)[SiH]1O[SiH2]O1. The summed E-state index contributed by atoms with van der Waals surface area (Å²) >= 11 is 0. The first-order valence-electron chi connectivity index (χ1n) is 2.54. The van der Waals surface area contributed by atoms with Crippen LogP contribution in [0.15, 0.2) is 0 Å². The zero-order chi connectivity index (χ0) is 5.28. The topological polar surface area (TPSA) is 18.5 Å². The number of hydrogen-bond donors (Lipinski definition) is 0. The van der Waals surface area contributed by atoms with Gasteiger partial charge in [-0.2, -0.15) is 0 Å². The molecular formula is C2H9BO2Si2. The highest BCUT2D eigenvalue weighted by Crippen LogP contribution is 2.01. The summed E-state index contributed by atoms with van der Waals surface area (Å²) in [6.45, 7) is 4.31. The van der Waals surface area contributed by atoms with Crippen molar-refractivity contribution in [2.24, 2.45) is 0 Å². The molecule has 0 aromatic rings. The lowest BCUT2D eigenvalue weighted by atomic mass is 9.84. The van der Waals surface area contributed by atoms with E-state index < -0.39 is 19.2 Å². The molecule has 0 saturated carbocycles. The van der Waals surface area contributed by atoms with E-state index in [0.29, 0.717) is 6.31 Å². The van der Waals surface area contributed by atoms with Crippen LogP contribution in [0, 0.1) is 0 Å². The van der Waals surface area contributed by atoms with E-state index in [4.69, 9.17) is 8.23 Å². The smallest absolute Gasteiger partial charge is 0.285 e. The van der Waals surface area contributed by atoms with Crippen LogP contribution >= 0.6 is 0 Å². The molecule has 1 aliphatic heterocycles. The van der Waals surface area contributed by atoms with Gasteiger partial charge < -0.3 is 8.23 Å². The summed E-state index contributed by atoms with van der Waals surface area (Å²) in [5.74, 6) is 0. The van der Waals surface area contributed by atoms with E-state index in [-0.39, 0.29) is 0 Å². The third kappa shape index (κ3) is 1.15. The third-order valence-corrected chi connectivity index (χ3v) is 5.81. The van der Waals surface area contributed by atoms with Crippen LogP contribution in [0.25, 0.3) is 0 Å². The van der Waals surface area contributed by atoms with Crippen LogP contribution < -0.4 is 0 Å². The Morgan fingerprint density at radius 1 is 1.43 bits per heavy atom. The Labute approximate surface area is 48.1 Å². The van der Waals surface area contributed by atoms with Gasteiger partial charge in [-0.3, -0.25) is 0 Å². The van der Waals surface area contributed by atoms with Crippen LogP contribution in [0.1, 0.15) is 0 Å². The number of rotatable bonds is 1. The van der Waals surface area contributed by atoms with Crippen LogP contribution in [0.5, 0.6) is 0 Å². The van der Waals surface area contributed by atoms with Gasteiger partial charge in [0, 0.05) is 0 Å².